The van der Waals surface area contributed by atoms with Crippen molar-refractivity contribution < 1.29 is 14.2 Å². The van der Waals surface area contributed by atoms with Crippen LogP contribution < -0.4 is 27.1 Å². The van der Waals surface area contributed by atoms with Crippen LogP contribution in [0.1, 0.15) is 40.5 Å². The van der Waals surface area contributed by atoms with Crippen LogP contribution >= 0.6 is 11.6 Å². The van der Waals surface area contributed by atoms with Crippen molar-refractivity contribution >= 4 is 40.3 Å². The molecule has 0 aliphatic heterocycles. The van der Waals surface area contributed by atoms with Gasteiger partial charge in [-0.3, -0.25) is 9.59 Å². The molecule has 0 saturated heterocycles. The van der Waals surface area contributed by atoms with Crippen molar-refractivity contribution in [3.63, 3.8) is 0 Å². The van der Waals surface area contributed by atoms with Gasteiger partial charge in [-0.25, -0.2) is 19.1 Å². The molecule has 2 aromatic heterocycles. The molecular weight excluding hydrogens is 458 g/mol. The van der Waals surface area contributed by atoms with Gasteiger partial charge in [-0.1, -0.05) is 11.6 Å². The van der Waals surface area contributed by atoms with E-state index in [0.29, 0.717) is 44.8 Å². The number of aromatic nitrogens is 4. The highest BCUT2D eigenvalue weighted by Crippen LogP contribution is 2.19. The number of halogens is 1. The van der Waals surface area contributed by atoms with Gasteiger partial charge in [0.25, 0.3) is 17.6 Å². The lowest BCUT2D eigenvalue weighted by Gasteiger charge is -2.21. The van der Waals surface area contributed by atoms with Crippen molar-refractivity contribution in [3.05, 3.63) is 46.6 Å². The van der Waals surface area contributed by atoms with Gasteiger partial charge in [0.15, 0.2) is 22.5 Å². The number of hydrogen-bond acceptors (Lipinski definition) is 7. The lowest BCUT2D eigenvalue weighted by atomic mass is 10.1. The molecular formula is C22H31ClN9O2+. The Hall–Kier alpha value is -3.28. The Labute approximate surface area is 202 Å². The first-order chi connectivity index (χ1) is 16.4. The highest BCUT2D eigenvalue weighted by Gasteiger charge is 2.26. The number of imidazole rings is 1. The van der Waals surface area contributed by atoms with E-state index >= 15 is 0 Å². The lowest BCUT2D eigenvalue weighted by Crippen LogP contribution is -2.40. The largest absolute Gasteiger partial charge is 0.382 e. The van der Waals surface area contributed by atoms with Crippen molar-refractivity contribution in [2.24, 2.45) is 11.5 Å². The minimum absolute atomic E-state index is 0.00368. The lowest BCUT2D eigenvalue weighted by molar-refractivity contribution is -0.676. The van der Waals surface area contributed by atoms with Gasteiger partial charge in [-0.05, 0) is 26.0 Å². The molecule has 34 heavy (non-hydrogen) atoms. The number of nitrogens with zero attached hydrogens (tertiary/aromatic N) is 5. The van der Waals surface area contributed by atoms with E-state index < -0.39 is 5.91 Å². The smallest absolute Gasteiger partial charge is 0.277 e. The molecule has 0 radical (unpaired) electrons. The molecule has 0 unspecified atom stereocenters. The molecule has 1 aromatic carbocycles. The molecule has 0 aliphatic carbocycles. The van der Waals surface area contributed by atoms with Crippen LogP contribution in [-0.4, -0.2) is 57.4 Å². The summed E-state index contributed by atoms with van der Waals surface area (Å²) in [4.78, 5) is 35.3. The number of nitrogens with one attached hydrogen (secondary N) is 1. The van der Waals surface area contributed by atoms with Gasteiger partial charge in [0, 0.05) is 37.8 Å². The summed E-state index contributed by atoms with van der Waals surface area (Å²) in [7, 11) is 0. The topological polar surface area (TPSA) is 162 Å². The van der Waals surface area contributed by atoms with Gasteiger partial charge in [-0.2, -0.15) is 0 Å². The number of carbonyl (C=O) groups is 2. The highest BCUT2D eigenvalue weighted by molar-refractivity contribution is 6.29. The number of fused-ring (bicyclic) bond motifs is 1. The van der Waals surface area contributed by atoms with E-state index in [4.69, 9.17) is 28.8 Å². The molecule has 11 nitrogen and oxygen atoms in total. The minimum atomic E-state index is -0.474. The molecule has 2 amide bonds. The summed E-state index contributed by atoms with van der Waals surface area (Å²) in [5.41, 5.74) is 19.5. The zero-order chi connectivity index (χ0) is 24.8. The Morgan fingerprint density at radius 1 is 1.21 bits per heavy atom. The van der Waals surface area contributed by atoms with Crippen LogP contribution in [0.15, 0.2) is 24.4 Å². The monoisotopic (exact) mass is 488 g/mol. The van der Waals surface area contributed by atoms with E-state index in [0.717, 1.165) is 16.9 Å². The summed E-state index contributed by atoms with van der Waals surface area (Å²) in [5, 5.41) is 2.94. The van der Waals surface area contributed by atoms with Gasteiger partial charge < -0.3 is 27.4 Å². The second-order valence-electron chi connectivity index (χ2n) is 7.59. The highest BCUT2D eigenvalue weighted by atomic mass is 35.5. The van der Waals surface area contributed by atoms with Gasteiger partial charge >= 0.3 is 0 Å². The molecule has 2 heterocycles. The van der Waals surface area contributed by atoms with E-state index in [-0.39, 0.29) is 29.1 Å². The van der Waals surface area contributed by atoms with Crippen LogP contribution in [-0.2, 0) is 19.6 Å². The maximum atomic E-state index is 13.1. The fraction of sp³-hybridized carbons (Fsp3) is 0.409. The number of aryl methyl sites for hydroxylation is 2. The molecule has 0 spiro atoms. The molecule has 7 N–H and O–H groups in total. The molecule has 0 aliphatic rings. The molecule has 3 rings (SSSR count). The summed E-state index contributed by atoms with van der Waals surface area (Å²) in [6.07, 6.45) is 1.29. The summed E-state index contributed by atoms with van der Waals surface area (Å²) >= 11 is 5.87. The van der Waals surface area contributed by atoms with E-state index in [2.05, 4.69) is 24.4 Å². The molecule has 0 atom stereocenters. The third kappa shape index (κ3) is 5.11. The van der Waals surface area contributed by atoms with Crippen molar-refractivity contribution in [1.29, 1.82) is 0 Å². The first kappa shape index (κ1) is 25.3. The first-order valence-electron chi connectivity index (χ1n) is 11.2. The summed E-state index contributed by atoms with van der Waals surface area (Å²) in [6.45, 7) is 7.16. The van der Waals surface area contributed by atoms with Crippen LogP contribution in [0.3, 0.4) is 0 Å². The predicted octanol–water partition coefficient (Wildman–Crippen LogP) is 0.284. The van der Waals surface area contributed by atoms with Crippen LogP contribution in [0.4, 0.5) is 5.82 Å². The molecule has 12 heteroatoms. The van der Waals surface area contributed by atoms with E-state index in [9.17, 15) is 9.59 Å². The van der Waals surface area contributed by atoms with Crippen LogP contribution in [0.5, 0.6) is 0 Å². The third-order valence-electron chi connectivity index (χ3n) is 5.54. The van der Waals surface area contributed by atoms with Gasteiger partial charge in [0.05, 0.1) is 19.3 Å². The Kier molecular flexibility index (Phi) is 8.37. The molecule has 0 fully saturated rings. The predicted molar refractivity (Wildman–Crippen MR) is 130 cm³/mol. The number of rotatable bonds is 10. The maximum absolute atomic E-state index is 13.1. The van der Waals surface area contributed by atoms with Gasteiger partial charge in [0.1, 0.15) is 11.7 Å². The Morgan fingerprint density at radius 2 is 1.91 bits per heavy atom. The average molecular weight is 489 g/mol. The fourth-order valence-corrected chi connectivity index (χ4v) is 4.15. The molecule has 182 valence electrons. The van der Waals surface area contributed by atoms with Crippen LogP contribution in [0.2, 0.25) is 5.15 Å². The quantitative estimate of drug-likeness (QED) is 0.298. The van der Waals surface area contributed by atoms with Crippen molar-refractivity contribution in [1.82, 2.24) is 24.8 Å². The third-order valence-corrected chi connectivity index (χ3v) is 5.72. The molecule has 0 bridgehead atoms. The van der Waals surface area contributed by atoms with Crippen LogP contribution in [0.25, 0.3) is 11.0 Å². The number of nitrogens with two attached hydrogens (primary N) is 3. The van der Waals surface area contributed by atoms with Gasteiger partial charge in [-0.15, -0.1) is 0 Å². The Bertz CT molecular complexity index is 1190. The average Bonchev–Trinajstić information content (AvgIpc) is 3.14. The summed E-state index contributed by atoms with van der Waals surface area (Å²) < 4.78 is 4.16. The number of anilines is 1. The normalized spacial score (nSPS) is 11.1. The van der Waals surface area contributed by atoms with Crippen molar-refractivity contribution in [3.8, 4) is 0 Å². The van der Waals surface area contributed by atoms with Crippen molar-refractivity contribution in [2.45, 2.75) is 33.5 Å². The second kappa shape index (κ2) is 11.2. The summed E-state index contributed by atoms with van der Waals surface area (Å²) in [5.74, 6) is 0.281. The van der Waals surface area contributed by atoms with E-state index in [1.54, 1.807) is 4.90 Å². The first-order valence-corrected chi connectivity index (χ1v) is 11.5. The SMILES string of the molecule is CCn1c(CNC(=O)c2nc(Cl)cnc2N)[n+](CC)c2ccc(C(=O)N(CCN)CCN)cc21. The number of hydrogen-bond donors (Lipinski definition) is 4. The standard InChI is InChI=1S/C22H30ClN9O2/c1-3-31-15-6-5-14(22(34)30(9-7-24)10-8-25)11-16(15)32(4-2)18(31)13-28-21(33)19-20(26)27-12-17(23)29-19/h5-6,11-12H,3-4,7-10,13,24-25H2,1-2H3,(H2-,26,27,28,33)/p+1. The van der Waals surface area contributed by atoms with E-state index in [1.165, 1.54) is 6.20 Å². The molecule has 3 aromatic rings. The van der Waals surface area contributed by atoms with Crippen LogP contribution in [0, 0.1) is 0 Å². The maximum Gasteiger partial charge on any atom is 0.277 e. The zero-order valence-electron chi connectivity index (χ0n) is 19.4. The minimum Gasteiger partial charge on any atom is -0.382 e. The number of benzene rings is 1. The number of amides is 2. The van der Waals surface area contributed by atoms with Gasteiger partial charge in [0.2, 0.25) is 0 Å². The molecule has 0 saturated carbocycles. The zero-order valence-corrected chi connectivity index (χ0v) is 20.2. The Balaban J connectivity index is 1.96. The fourth-order valence-electron chi connectivity index (χ4n) is 4.02. The number of nitrogen functional groups attached to an aromatic ring is 1. The number of carbonyl (C=O) groups excluding carboxylic acids is 2. The summed E-state index contributed by atoms with van der Waals surface area (Å²) in [6, 6.07) is 5.60. The Morgan fingerprint density at radius 3 is 2.53 bits per heavy atom. The second-order valence-corrected chi connectivity index (χ2v) is 7.97. The van der Waals surface area contributed by atoms with Crippen molar-refractivity contribution in [2.75, 3.05) is 31.9 Å². The van der Waals surface area contributed by atoms with E-state index in [1.807, 2.05) is 32.0 Å².